The fraction of sp³-hybridized carbons (Fsp3) is 0.150. The summed E-state index contributed by atoms with van der Waals surface area (Å²) in [6, 6.07) is 26.0. The van der Waals surface area contributed by atoms with Gasteiger partial charge in [0.05, 0.1) is 18.8 Å². The van der Waals surface area contributed by atoms with Crippen LogP contribution >= 0.6 is 0 Å². The van der Waals surface area contributed by atoms with Crippen molar-refractivity contribution in [2.24, 2.45) is 0 Å². The molecule has 0 aromatic heterocycles. The predicted octanol–water partition coefficient (Wildman–Crippen LogP) is 9.34. The molecule has 224 valence electrons. The number of hydrogen-bond donors (Lipinski definition) is 3. The molecule has 0 saturated heterocycles. The summed E-state index contributed by atoms with van der Waals surface area (Å²) in [7, 11) is 1.68. The SMILES string of the molecule is C=C/C(=C\C(=C)c1ccccc1OC)C1=CC(NNC(c2ccccc2)c2ccccc2N)=C(/C(C=C)=C(/C=C)CC)CC1. The van der Waals surface area contributed by atoms with E-state index in [2.05, 4.69) is 74.4 Å². The minimum atomic E-state index is -0.189. The summed E-state index contributed by atoms with van der Waals surface area (Å²) in [5.41, 5.74) is 24.9. The molecule has 4 nitrogen and oxygen atoms in total. The topological polar surface area (TPSA) is 59.3 Å². The summed E-state index contributed by atoms with van der Waals surface area (Å²) >= 11 is 0. The first kappa shape index (κ1) is 31.9. The van der Waals surface area contributed by atoms with Gasteiger partial charge in [-0.1, -0.05) is 118 Å². The monoisotopic (exact) mass is 581 g/mol. The fourth-order valence-corrected chi connectivity index (χ4v) is 5.61. The largest absolute Gasteiger partial charge is 0.496 e. The molecule has 0 heterocycles. The van der Waals surface area contributed by atoms with E-state index in [0.717, 1.165) is 81.0 Å². The van der Waals surface area contributed by atoms with Gasteiger partial charge in [-0.05, 0) is 88.1 Å². The van der Waals surface area contributed by atoms with Crippen molar-refractivity contribution in [1.29, 1.82) is 0 Å². The number of hydrogen-bond acceptors (Lipinski definition) is 4. The van der Waals surface area contributed by atoms with Crippen LogP contribution in [0.3, 0.4) is 0 Å². The predicted molar refractivity (Wildman–Crippen MR) is 188 cm³/mol. The lowest BCUT2D eigenvalue weighted by Gasteiger charge is -2.28. The van der Waals surface area contributed by atoms with Gasteiger partial charge in [0.25, 0.3) is 0 Å². The number of rotatable bonds is 14. The van der Waals surface area contributed by atoms with Gasteiger partial charge < -0.3 is 15.9 Å². The van der Waals surface area contributed by atoms with Gasteiger partial charge in [-0.15, -0.1) is 0 Å². The molecule has 1 unspecified atom stereocenters. The van der Waals surface area contributed by atoms with Crippen LogP contribution in [0.2, 0.25) is 0 Å². The Bertz CT molecular complexity index is 1650. The van der Waals surface area contributed by atoms with Gasteiger partial charge in [-0.2, -0.15) is 0 Å². The Hall–Kier alpha value is -5.06. The number of para-hydroxylation sites is 2. The molecule has 0 fully saturated rings. The lowest BCUT2D eigenvalue weighted by atomic mass is 9.85. The molecule has 1 aliphatic rings. The van der Waals surface area contributed by atoms with Crippen molar-refractivity contribution in [2.45, 2.75) is 32.2 Å². The number of ether oxygens (including phenoxy) is 1. The maximum atomic E-state index is 6.48. The smallest absolute Gasteiger partial charge is 0.126 e. The molecule has 3 aromatic rings. The third kappa shape index (κ3) is 7.28. The summed E-state index contributed by atoms with van der Waals surface area (Å²) in [5.74, 6) is 0.785. The average molecular weight is 582 g/mol. The highest BCUT2D eigenvalue weighted by Gasteiger charge is 2.21. The lowest BCUT2D eigenvalue weighted by molar-refractivity contribution is 0.413. The maximum Gasteiger partial charge on any atom is 0.126 e. The number of nitrogens with one attached hydrogen (secondary N) is 2. The van der Waals surface area contributed by atoms with E-state index in [1.807, 2.05) is 78.9 Å². The molecule has 0 amide bonds. The van der Waals surface area contributed by atoms with Crippen LogP contribution in [0.1, 0.15) is 48.9 Å². The zero-order chi connectivity index (χ0) is 31.5. The molecule has 4 heteroatoms. The Morgan fingerprint density at radius 3 is 2.27 bits per heavy atom. The second-order valence-electron chi connectivity index (χ2n) is 10.5. The molecule has 0 radical (unpaired) electrons. The maximum absolute atomic E-state index is 6.48. The molecule has 4 rings (SSSR count). The van der Waals surface area contributed by atoms with Gasteiger partial charge in [0.15, 0.2) is 0 Å². The van der Waals surface area contributed by atoms with Gasteiger partial charge in [-0.3, -0.25) is 0 Å². The Labute approximate surface area is 263 Å². The summed E-state index contributed by atoms with van der Waals surface area (Å²) < 4.78 is 5.59. The van der Waals surface area contributed by atoms with Gasteiger partial charge in [-0.25, -0.2) is 5.43 Å². The first-order valence-electron chi connectivity index (χ1n) is 14.9. The van der Waals surface area contributed by atoms with Crippen LogP contribution in [0.5, 0.6) is 5.75 Å². The van der Waals surface area contributed by atoms with Crippen LogP contribution < -0.4 is 21.3 Å². The van der Waals surface area contributed by atoms with Crippen LogP contribution in [0.15, 0.2) is 169 Å². The Morgan fingerprint density at radius 1 is 0.909 bits per heavy atom. The highest BCUT2D eigenvalue weighted by molar-refractivity contribution is 5.78. The van der Waals surface area contributed by atoms with E-state index >= 15 is 0 Å². The summed E-state index contributed by atoms with van der Waals surface area (Å²) in [5, 5.41) is 0. The van der Waals surface area contributed by atoms with E-state index in [-0.39, 0.29) is 6.04 Å². The summed E-state index contributed by atoms with van der Waals surface area (Å²) in [6.07, 6.45) is 12.5. The summed E-state index contributed by atoms with van der Waals surface area (Å²) in [4.78, 5) is 0. The highest BCUT2D eigenvalue weighted by atomic mass is 16.5. The quantitative estimate of drug-likeness (QED) is 0.101. The highest BCUT2D eigenvalue weighted by Crippen LogP contribution is 2.36. The molecule has 0 bridgehead atoms. The van der Waals surface area contributed by atoms with Crippen molar-refractivity contribution in [1.82, 2.24) is 10.9 Å². The van der Waals surface area contributed by atoms with E-state index < -0.39 is 0 Å². The molecule has 44 heavy (non-hydrogen) atoms. The van der Waals surface area contributed by atoms with Crippen molar-refractivity contribution in [3.63, 3.8) is 0 Å². The molecule has 3 aromatic carbocycles. The molecule has 0 aliphatic heterocycles. The Morgan fingerprint density at radius 2 is 1.61 bits per heavy atom. The average Bonchev–Trinajstić information content (AvgIpc) is 3.07. The zero-order valence-electron chi connectivity index (χ0n) is 25.9. The van der Waals surface area contributed by atoms with Crippen molar-refractivity contribution in [3.8, 4) is 5.75 Å². The third-order valence-corrected chi connectivity index (χ3v) is 7.95. The first-order chi connectivity index (χ1) is 21.4. The van der Waals surface area contributed by atoms with Gasteiger partial charge in [0, 0.05) is 11.3 Å². The second-order valence-corrected chi connectivity index (χ2v) is 10.5. The van der Waals surface area contributed by atoms with Crippen LogP contribution in [0.25, 0.3) is 5.57 Å². The number of methoxy groups -OCH3 is 1. The van der Waals surface area contributed by atoms with E-state index in [1.165, 1.54) is 5.57 Å². The second kappa shape index (κ2) is 15.4. The molecular weight excluding hydrogens is 538 g/mol. The Kier molecular flexibility index (Phi) is 11.2. The molecule has 4 N–H and O–H groups in total. The molecule has 1 aliphatic carbocycles. The van der Waals surface area contributed by atoms with Gasteiger partial charge in [0.2, 0.25) is 0 Å². The summed E-state index contributed by atoms with van der Waals surface area (Å²) in [6.45, 7) is 18.9. The normalized spacial score (nSPS) is 14.6. The standard InChI is InChI=1S/C40H43N3O/c1-7-29(8-2)33(10-4)35-25-24-32(30(9-3)26-28(5)34-20-15-17-23-39(34)44-6)27-38(35)42-43-40(31-18-12-11-13-19-31)36-21-14-16-22-37(36)41/h7,9-23,26-27,40,42-43H,1,3-5,8,24-25,41H2,2,6H3/b30-26+,33-29-. The van der Waals surface area contributed by atoms with Gasteiger partial charge >= 0.3 is 0 Å². The molecular formula is C40H43N3O. The lowest BCUT2D eigenvalue weighted by Crippen LogP contribution is -2.36. The van der Waals surface area contributed by atoms with Crippen LogP contribution in [0, 0.1) is 0 Å². The van der Waals surface area contributed by atoms with Crippen molar-refractivity contribution in [3.05, 3.63) is 186 Å². The Balaban J connectivity index is 1.80. The van der Waals surface area contributed by atoms with Crippen molar-refractivity contribution >= 4 is 11.3 Å². The number of nitrogen functional groups attached to an aromatic ring is 1. The number of benzene rings is 3. The van der Waals surface area contributed by atoms with Gasteiger partial charge in [0.1, 0.15) is 5.75 Å². The number of nitrogens with two attached hydrogens (primary N) is 1. The number of anilines is 1. The van der Waals surface area contributed by atoms with Crippen molar-refractivity contribution < 1.29 is 4.74 Å². The van der Waals surface area contributed by atoms with Crippen LogP contribution in [-0.4, -0.2) is 7.11 Å². The molecule has 0 spiro atoms. The van der Waals surface area contributed by atoms with E-state index in [4.69, 9.17) is 10.5 Å². The minimum Gasteiger partial charge on any atom is -0.496 e. The zero-order valence-corrected chi connectivity index (χ0v) is 25.9. The fourth-order valence-electron chi connectivity index (χ4n) is 5.61. The third-order valence-electron chi connectivity index (χ3n) is 7.95. The van der Waals surface area contributed by atoms with Crippen molar-refractivity contribution in [2.75, 3.05) is 12.8 Å². The number of hydrazine groups is 1. The van der Waals surface area contributed by atoms with Crippen LogP contribution in [-0.2, 0) is 0 Å². The van der Waals surface area contributed by atoms with Crippen LogP contribution in [0.4, 0.5) is 5.69 Å². The van der Waals surface area contributed by atoms with E-state index in [9.17, 15) is 0 Å². The molecule has 1 atom stereocenters. The minimum absolute atomic E-state index is 0.189. The van der Waals surface area contributed by atoms with E-state index in [1.54, 1.807) is 7.11 Å². The first-order valence-corrected chi connectivity index (χ1v) is 14.9. The van der Waals surface area contributed by atoms with E-state index in [0.29, 0.717) is 0 Å². The molecule has 0 saturated carbocycles. The number of allylic oxidation sites excluding steroid dienone is 11.